The number of nitriles is 1. The van der Waals surface area contributed by atoms with E-state index in [9.17, 15) is 5.26 Å². The van der Waals surface area contributed by atoms with Gasteiger partial charge in [0.2, 0.25) is 0 Å². The molecule has 0 saturated heterocycles. The smallest absolute Gasteiger partial charge is 0.283 e. The summed E-state index contributed by atoms with van der Waals surface area (Å²) in [6, 6.07) is 10.4. The van der Waals surface area contributed by atoms with E-state index in [1.165, 1.54) is 19.3 Å². The number of rotatable bonds is 3. The molecule has 164 valence electrons. The van der Waals surface area contributed by atoms with Crippen LogP contribution in [0.2, 0.25) is 0 Å². The van der Waals surface area contributed by atoms with Crippen molar-refractivity contribution in [3.05, 3.63) is 47.8 Å². The predicted octanol–water partition coefficient (Wildman–Crippen LogP) is 3.66. The molecule has 1 spiro atoms. The summed E-state index contributed by atoms with van der Waals surface area (Å²) in [6.45, 7) is 0.409. The Kier molecular flexibility index (Phi) is 4.58. The molecule has 7 nitrogen and oxygen atoms in total. The van der Waals surface area contributed by atoms with E-state index in [4.69, 9.17) is 24.9 Å². The van der Waals surface area contributed by atoms with Gasteiger partial charge in [-0.1, -0.05) is 6.07 Å². The predicted molar refractivity (Wildman–Crippen MR) is 118 cm³/mol. The number of pyridine rings is 1. The molecule has 1 aromatic heterocycles. The average molecular weight is 431 g/mol. The molecule has 2 aromatic rings. The van der Waals surface area contributed by atoms with Gasteiger partial charge in [0, 0.05) is 29.4 Å². The largest absolute Gasteiger partial charge is 0.490 e. The molecule has 0 radical (unpaired) electrons. The summed E-state index contributed by atoms with van der Waals surface area (Å²) in [4.78, 5) is 9.11. The second-order valence-electron chi connectivity index (χ2n) is 9.33. The molecular formula is C25H26N4O3. The van der Waals surface area contributed by atoms with Crippen LogP contribution >= 0.6 is 0 Å². The number of hydrogen-bond acceptors (Lipinski definition) is 7. The minimum absolute atomic E-state index is 0.0661. The lowest BCUT2D eigenvalue weighted by molar-refractivity contribution is -0.106. The first-order chi connectivity index (χ1) is 15.6. The summed E-state index contributed by atoms with van der Waals surface area (Å²) in [5, 5.41) is 9.27. The Hall–Kier alpha value is -3.11. The molecule has 2 fully saturated rings. The third kappa shape index (κ3) is 3.13. The first-order valence-electron chi connectivity index (χ1n) is 11.4. The van der Waals surface area contributed by atoms with E-state index >= 15 is 0 Å². The quantitative estimate of drug-likeness (QED) is 0.797. The molecule has 4 aliphatic rings. The van der Waals surface area contributed by atoms with Crippen LogP contribution < -0.4 is 10.5 Å². The third-order valence-corrected chi connectivity index (χ3v) is 7.46. The molecule has 0 amide bonds. The molecule has 2 aliphatic heterocycles. The number of aromatic nitrogens is 1. The first kappa shape index (κ1) is 19.6. The van der Waals surface area contributed by atoms with Crippen molar-refractivity contribution >= 4 is 6.02 Å². The summed E-state index contributed by atoms with van der Waals surface area (Å²) in [7, 11) is 0. The van der Waals surface area contributed by atoms with Crippen molar-refractivity contribution in [3.63, 3.8) is 0 Å². The van der Waals surface area contributed by atoms with Crippen molar-refractivity contribution in [2.24, 2.45) is 16.6 Å². The molecule has 4 atom stereocenters. The van der Waals surface area contributed by atoms with E-state index < -0.39 is 5.54 Å². The van der Waals surface area contributed by atoms with E-state index in [1.54, 1.807) is 12.4 Å². The summed E-state index contributed by atoms with van der Waals surface area (Å²) >= 11 is 0. The second kappa shape index (κ2) is 7.49. The van der Waals surface area contributed by atoms with Crippen molar-refractivity contribution < 1.29 is 14.2 Å². The number of benzene rings is 1. The minimum Gasteiger partial charge on any atom is -0.490 e. The zero-order valence-corrected chi connectivity index (χ0v) is 17.9. The molecule has 4 unspecified atom stereocenters. The van der Waals surface area contributed by atoms with Gasteiger partial charge < -0.3 is 19.9 Å². The zero-order chi connectivity index (χ0) is 21.7. The van der Waals surface area contributed by atoms with E-state index in [0.717, 1.165) is 41.7 Å². The summed E-state index contributed by atoms with van der Waals surface area (Å²) < 4.78 is 18.7. The lowest BCUT2D eigenvalue weighted by Crippen LogP contribution is -2.52. The minimum atomic E-state index is -0.583. The fraction of sp³-hybridized carbons (Fsp3) is 0.480. The monoisotopic (exact) mass is 430 g/mol. The fourth-order valence-electron chi connectivity index (χ4n) is 5.60. The van der Waals surface area contributed by atoms with E-state index in [1.807, 2.05) is 18.2 Å². The van der Waals surface area contributed by atoms with Crippen LogP contribution in [0.3, 0.4) is 0 Å². The van der Waals surface area contributed by atoms with Crippen LogP contribution in [0, 0.1) is 17.2 Å². The molecular weight excluding hydrogens is 404 g/mol. The van der Waals surface area contributed by atoms with Crippen molar-refractivity contribution in [2.75, 3.05) is 6.61 Å². The highest BCUT2D eigenvalue weighted by molar-refractivity contribution is 5.75. The molecule has 32 heavy (non-hydrogen) atoms. The number of hydrogen-bond donors (Lipinski definition) is 1. The van der Waals surface area contributed by atoms with Crippen molar-refractivity contribution in [3.8, 4) is 22.9 Å². The highest BCUT2D eigenvalue weighted by atomic mass is 16.5. The van der Waals surface area contributed by atoms with E-state index in [0.29, 0.717) is 18.3 Å². The third-order valence-electron chi connectivity index (χ3n) is 7.46. The number of ether oxygens (including phenoxy) is 3. The summed E-state index contributed by atoms with van der Waals surface area (Å²) in [5.41, 5.74) is 8.85. The van der Waals surface area contributed by atoms with Crippen molar-refractivity contribution in [2.45, 2.75) is 62.4 Å². The lowest BCUT2D eigenvalue weighted by Gasteiger charge is -2.48. The van der Waals surface area contributed by atoms with Crippen LogP contribution in [-0.4, -0.2) is 35.9 Å². The van der Waals surface area contributed by atoms with Crippen molar-refractivity contribution in [1.29, 1.82) is 5.26 Å². The number of amidine groups is 1. The molecule has 2 aliphatic carbocycles. The van der Waals surface area contributed by atoms with E-state index in [2.05, 4.69) is 17.1 Å². The Morgan fingerprint density at radius 2 is 2.00 bits per heavy atom. The normalized spacial score (nSPS) is 30.8. The highest BCUT2D eigenvalue weighted by Crippen LogP contribution is 2.53. The van der Waals surface area contributed by atoms with Gasteiger partial charge in [-0.25, -0.2) is 4.99 Å². The Morgan fingerprint density at radius 3 is 2.75 bits per heavy atom. The van der Waals surface area contributed by atoms with Gasteiger partial charge in [-0.2, -0.15) is 5.26 Å². The molecule has 6 rings (SSSR count). The molecule has 2 saturated carbocycles. The average Bonchev–Trinajstić information content (AvgIpc) is 3.19. The van der Waals surface area contributed by atoms with Crippen LogP contribution in [0.1, 0.15) is 49.7 Å². The van der Waals surface area contributed by atoms with Gasteiger partial charge in [0.25, 0.3) is 6.02 Å². The summed E-state index contributed by atoms with van der Waals surface area (Å²) in [5.74, 6) is 0.966. The summed E-state index contributed by atoms with van der Waals surface area (Å²) in [6.07, 6.45) is 10.5. The van der Waals surface area contributed by atoms with Crippen LogP contribution in [-0.2, 0) is 15.0 Å². The van der Waals surface area contributed by atoms with Crippen LogP contribution in [0.15, 0.2) is 41.7 Å². The van der Waals surface area contributed by atoms with Crippen LogP contribution in [0.25, 0.3) is 11.1 Å². The Morgan fingerprint density at radius 1 is 1.09 bits per heavy atom. The molecule has 3 heterocycles. The maximum atomic E-state index is 9.27. The Bertz CT molecular complexity index is 1120. The van der Waals surface area contributed by atoms with Gasteiger partial charge >= 0.3 is 0 Å². The van der Waals surface area contributed by atoms with Crippen molar-refractivity contribution in [1.82, 2.24) is 4.98 Å². The van der Waals surface area contributed by atoms with Gasteiger partial charge in [-0.15, -0.1) is 0 Å². The van der Waals surface area contributed by atoms with Gasteiger partial charge in [0.05, 0.1) is 17.8 Å². The maximum absolute atomic E-state index is 9.27. The number of aliphatic imine (C=N–C) groups is 1. The topological polar surface area (TPSA) is 103 Å². The first-order valence-corrected chi connectivity index (χ1v) is 11.4. The Labute approximate surface area is 187 Å². The lowest BCUT2D eigenvalue weighted by atomic mass is 9.67. The van der Waals surface area contributed by atoms with Crippen LogP contribution in [0.5, 0.6) is 5.75 Å². The van der Waals surface area contributed by atoms with Gasteiger partial charge in [0.1, 0.15) is 30.1 Å². The number of nitrogens with two attached hydrogens (primary N) is 1. The SMILES string of the molecule is N#Cc1cncc(-c2ccc3c(c2)C2(COC(N)=N2)C2CC(OC4CCC4)CCC2O3)c1. The van der Waals surface area contributed by atoms with Gasteiger partial charge in [0.15, 0.2) is 0 Å². The molecule has 0 bridgehead atoms. The van der Waals surface area contributed by atoms with Crippen LogP contribution in [0.4, 0.5) is 0 Å². The maximum Gasteiger partial charge on any atom is 0.283 e. The van der Waals surface area contributed by atoms with Gasteiger partial charge in [-0.05, 0) is 62.3 Å². The fourth-order valence-corrected chi connectivity index (χ4v) is 5.60. The standard InChI is InChI=1S/C25H26N4O3/c26-11-15-8-17(13-28-12-15)16-4-6-22-20(9-16)25(14-30-24(27)29-25)21-10-19(5-7-23(21)32-22)31-18-2-1-3-18/h4,6,8-9,12-13,18-19,21,23H,1-3,5,7,10,14H2,(H2,27,29). The van der Waals surface area contributed by atoms with Gasteiger partial charge in [-0.3, -0.25) is 4.98 Å². The zero-order valence-electron chi connectivity index (χ0n) is 17.9. The number of fused-ring (bicyclic) bond motifs is 4. The molecule has 1 aromatic carbocycles. The molecule has 7 heteroatoms. The molecule has 2 N–H and O–H groups in total. The Balaban J connectivity index is 1.40. The number of nitrogens with zero attached hydrogens (tertiary/aromatic N) is 3. The second-order valence-corrected chi connectivity index (χ2v) is 9.33. The van der Waals surface area contributed by atoms with E-state index in [-0.39, 0.29) is 24.1 Å². The highest BCUT2D eigenvalue weighted by Gasteiger charge is 2.56.